The van der Waals surface area contributed by atoms with E-state index in [-0.39, 0.29) is 0 Å². The fourth-order valence-electron chi connectivity index (χ4n) is 3.03. The maximum Gasteiger partial charge on any atom is 0.0590 e. The summed E-state index contributed by atoms with van der Waals surface area (Å²) in [6.45, 7) is 4.82. The molecule has 106 valence electrons. The van der Waals surface area contributed by atoms with Gasteiger partial charge in [-0.2, -0.15) is 0 Å². The normalized spacial score (nSPS) is 33.3. The van der Waals surface area contributed by atoms with Gasteiger partial charge in [0.15, 0.2) is 0 Å². The maximum atomic E-state index is 5.96. The molecule has 3 aliphatic rings. The Bertz CT molecular complexity index is 175. The minimum absolute atomic E-state index is 0.549. The van der Waals surface area contributed by atoms with E-state index >= 15 is 0 Å². The molecule has 3 heteroatoms. The van der Waals surface area contributed by atoms with Crippen molar-refractivity contribution in [3.8, 4) is 0 Å². The van der Waals surface area contributed by atoms with E-state index in [1.165, 1.54) is 38.5 Å². The molecule has 2 heterocycles. The summed E-state index contributed by atoms with van der Waals surface area (Å²) in [4.78, 5) is 0. The molecule has 0 aromatic rings. The van der Waals surface area contributed by atoms with Crippen LogP contribution in [0.2, 0.25) is 0 Å². The van der Waals surface area contributed by atoms with Crippen LogP contribution < -0.4 is 5.32 Å². The van der Waals surface area contributed by atoms with Crippen molar-refractivity contribution in [2.75, 3.05) is 32.9 Å². The monoisotopic (exact) mass is 255 g/mol. The van der Waals surface area contributed by atoms with Gasteiger partial charge in [0.2, 0.25) is 0 Å². The Hall–Kier alpha value is -0.120. The van der Waals surface area contributed by atoms with Gasteiger partial charge in [0.25, 0.3) is 0 Å². The summed E-state index contributed by atoms with van der Waals surface area (Å²) in [5.74, 6) is 0.954. The summed E-state index contributed by atoms with van der Waals surface area (Å²) in [7, 11) is 0. The second-order valence-electron chi connectivity index (χ2n) is 5.73. The number of ether oxygens (including phenoxy) is 2. The number of rotatable bonds is 0. The molecule has 0 radical (unpaired) electrons. The zero-order chi connectivity index (χ0) is 12.5. The first-order valence-corrected chi connectivity index (χ1v) is 7.85. The molecule has 0 aromatic carbocycles. The van der Waals surface area contributed by atoms with Gasteiger partial charge in [-0.05, 0) is 63.8 Å². The minimum Gasteiger partial charge on any atom is -0.380 e. The first-order chi connectivity index (χ1) is 8.95. The van der Waals surface area contributed by atoms with Crippen LogP contribution in [-0.2, 0) is 9.47 Å². The van der Waals surface area contributed by atoms with Gasteiger partial charge in [-0.1, -0.05) is 0 Å². The third kappa shape index (κ3) is 5.68. The van der Waals surface area contributed by atoms with Crippen LogP contribution in [0.15, 0.2) is 0 Å². The molecule has 3 fully saturated rings. The molecule has 18 heavy (non-hydrogen) atoms. The summed E-state index contributed by atoms with van der Waals surface area (Å²) in [6, 6.07) is 0. The van der Waals surface area contributed by atoms with Crippen LogP contribution in [0.25, 0.3) is 0 Å². The van der Waals surface area contributed by atoms with Crippen LogP contribution in [0.3, 0.4) is 0 Å². The predicted molar refractivity (Wildman–Crippen MR) is 73.9 cm³/mol. The zero-order valence-corrected chi connectivity index (χ0v) is 11.7. The maximum absolute atomic E-state index is 5.96. The summed E-state index contributed by atoms with van der Waals surface area (Å²) in [5, 5.41) is 3.47. The molecule has 3 rings (SSSR count). The summed E-state index contributed by atoms with van der Waals surface area (Å²) < 4.78 is 11.5. The molecular formula is C15H29NO2. The molecule has 0 atom stereocenters. The fraction of sp³-hybridized carbons (Fsp3) is 1.00. The molecule has 1 saturated carbocycles. The number of hydrogen-bond donors (Lipinski definition) is 1. The van der Waals surface area contributed by atoms with E-state index in [2.05, 4.69) is 5.32 Å². The lowest BCUT2D eigenvalue weighted by Gasteiger charge is -2.28. The van der Waals surface area contributed by atoms with Gasteiger partial charge < -0.3 is 14.8 Å². The van der Waals surface area contributed by atoms with Gasteiger partial charge in [0.1, 0.15) is 0 Å². The fourth-order valence-corrected chi connectivity index (χ4v) is 3.03. The highest BCUT2D eigenvalue weighted by Gasteiger charge is 2.21. The molecule has 0 unspecified atom stereocenters. The van der Waals surface area contributed by atoms with Gasteiger partial charge in [-0.15, -0.1) is 0 Å². The Morgan fingerprint density at radius 2 is 1.56 bits per heavy atom. The van der Waals surface area contributed by atoms with E-state index in [1.807, 2.05) is 0 Å². The zero-order valence-electron chi connectivity index (χ0n) is 11.7. The molecule has 0 amide bonds. The van der Waals surface area contributed by atoms with Crippen molar-refractivity contribution in [1.82, 2.24) is 5.32 Å². The molecule has 3 nitrogen and oxygen atoms in total. The highest BCUT2D eigenvalue weighted by atomic mass is 16.5. The van der Waals surface area contributed by atoms with E-state index in [9.17, 15) is 0 Å². The molecule has 0 aromatic heterocycles. The van der Waals surface area contributed by atoms with Crippen molar-refractivity contribution in [2.45, 2.75) is 57.5 Å². The first-order valence-electron chi connectivity index (χ1n) is 7.85. The second-order valence-corrected chi connectivity index (χ2v) is 5.73. The molecule has 1 N–H and O–H groups in total. The SMILES string of the molecule is C1CCOC2CCC(CCCNCCOC1)CC2. The van der Waals surface area contributed by atoms with Crippen LogP contribution in [-0.4, -0.2) is 39.0 Å². The van der Waals surface area contributed by atoms with Gasteiger partial charge in [0, 0.05) is 19.8 Å². The Morgan fingerprint density at radius 3 is 2.44 bits per heavy atom. The highest BCUT2D eigenvalue weighted by Crippen LogP contribution is 2.29. The van der Waals surface area contributed by atoms with Crippen LogP contribution in [0.4, 0.5) is 0 Å². The Labute approximate surface area is 112 Å². The van der Waals surface area contributed by atoms with Crippen molar-refractivity contribution in [3.63, 3.8) is 0 Å². The lowest BCUT2D eigenvalue weighted by Crippen LogP contribution is -2.25. The molecular weight excluding hydrogens is 226 g/mol. The lowest BCUT2D eigenvalue weighted by molar-refractivity contribution is 0.0118. The van der Waals surface area contributed by atoms with Crippen LogP contribution in [0.5, 0.6) is 0 Å². The molecule has 2 aliphatic heterocycles. The van der Waals surface area contributed by atoms with Crippen molar-refractivity contribution in [2.24, 2.45) is 5.92 Å². The third-order valence-electron chi connectivity index (χ3n) is 4.22. The standard InChI is InChI=1S/C15H29NO2/c1-2-12-18-15-7-5-14(6-8-15)4-3-9-16-10-13-17-11-1/h14-16H,1-13H2. The molecule has 2 saturated heterocycles. The molecule has 1 aliphatic carbocycles. The Morgan fingerprint density at radius 1 is 0.722 bits per heavy atom. The second kappa shape index (κ2) is 8.89. The average Bonchev–Trinajstić information content (AvgIpc) is 2.40. The summed E-state index contributed by atoms with van der Waals surface area (Å²) in [5.41, 5.74) is 0. The number of hydrogen-bond acceptors (Lipinski definition) is 3. The molecule has 2 bridgehead atoms. The van der Waals surface area contributed by atoms with Gasteiger partial charge in [0.05, 0.1) is 12.7 Å². The first kappa shape index (κ1) is 14.3. The van der Waals surface area contributed by atoms with Gasteiger partial charge >= 0.3 is 0 Å². The summed E-state index contributed by atoms with van der Waals surface area (Å²) >= 11 is 0. The summed E-state index contributed by atoms with van der Waals surface area (Å²) in [6.07, 6.45) is 10.9. The van der Waals surface area contributed by atoms with E-state index in [0.29, 0.717) is 6.10 Å². The van der Waals surface area contributed by atoms with Crippen LogP contribution in [0.1, 0.15) is 51.4 Å². The largest absolute Gasteiger partial charge is 0.380 e. The minimum atomic E-state index is 0.549. The smallest absolute Gasteiger partial charge is 0.0590 e. The van der Waals surface area contributed by atoms with Crippen molar-refractivity contribution in [1.29, 1.82) is 0 Å². The van der Waals surface area contributed by atoms with Crippen molar-refractivity contribution < 1.29 is 9.47 Å². The van der Waals surface area contributed by atoms with Gasteiger partial charge in [-0.3, -0.25) is 0 Å². The number of fused-ring (bicyclic) bond motifs is 13. The van der Waals surface area contributed by atoms with E-state index in [1.54, 1.807) is 0 Å². The predicted octanol–water partition coefficient (Wildman–Crippen LogP) is 2.74. The number of nitrogens with one attached hydrogen (secondary N) is 1. The third-order valence-corrected chi connectivity index (χ3v) is 4.22. The lowest BCUT2D eigenvalue weighted by atomic mass is 9.84. The van der Waals surface area contributed by atoms with Crippen LogP contribution >= 0.6 is 0 Å². The van der Waals surface area contributed by atoms with Crippen molar-refractivity contribution in [3.05, 3.63) is 0 Å². The van der Waals surface area contributed by atoms with E-state index in [4.69, 9.17) is 9.47 Å². The quantitative estimate of drug-likeness (QED) is 0.722. The van der Waals surface area contributed by atoms with Gasteiger partial charge in [-0.25, -0.2) is 0 Å². The Balaban J connectivity index is 1.68. The highest BCUT2D eigenvalue weighted by molar-refractivity contribution is 4.73. The van der Waals surface area contributed by atoms with E-state index < -0.39 is 0 Å². The van der Waals surface area contributed by atoms with E-state index in [0.717, 1.165) is 51.7 Å². The van der Waals surface area contributed by atoms with Crippen molar-refractivity contribution >= 4 is 0 Å². The van der Waals surface area contributed by atoms with Crippen LogP contribution in [0, 0.1) is 5.92 Å². The topological polar surface area (TPSA) is 30.5 Å². The average molecular weight is 255 g/mol. The Kier molecular flexibility index (Phi) is 7.06. The molecule has 0 spiro atoms.